The lowest BCUT2D eigenvalue weighted by molar-refractivity contribution is 0.0717. The lowest BCUT2D eigenvalue weighted by Gasteiger charge is -2.26. The molecule has 162 valence electrons. The predicted molar refractivity (Wildman–Crippen MR) is 121 cm³/mol. The first-order valence-corrected chi connectivity index (χ1v) is 11.1. The summed E-state index contributed by atoms with van der Waals surface area (Å²) in [5.41, 5.74) is 2.85. The van der Waals surface area contributed by atoms with Crippen molar-refractivity contribution in [1.29, 1.82) is 0 Å². The molecule has 0 unspecified atom stereocenters. The number of hydrogen-bond donors (Lipinski definition) is 0. The van der Waals surface area contributed by atoms with Crippen LogP contribution in [0, 0.1) is 0 Å². The Morgan fingerprint density at radius 1 is 1.00 bits per heavy atom. The van der Waals surface area contributed by atoms with E-state index in [2.05, 4.69) is 17.0 Å². The molecule has 0 atom stereocenters. The zero-order valence-electron chi connectivity index (χ0n) is 18.0. The van der Waals surface area contributed by atoms with E-state index >= 15 is 0 Å². The Morgan fingerprint density at radius 3 is 2.58 bits per heavy atom. The van der Waals surface area contributed by atoms with Gasteiger partial charge in [0.15, 0.2) is 11.5 Å². The number of aromatic nitrogens is 1. The van der Waals surface area contributed by atoms with Gasteiger partial charge in [0.25, 0.3) is 5.91 Å². The molecule has 3 aromatic rings. The summed E-state index contributed by atoms with van der Waals surface area (Å²) in [4.78, 5) is 18.1. The van der Waals surface area contributed by atoms with Gasteiger partial charge in [-0.1, -0.05) is 24.3 Å². The maximum absolute atomic E-state index is 13.7. The average Bonchev–Trinajstić information content (AvgIpc) is 3.44. The van der Waals surface area contributed by atoms with Crippen molar-refractivity contribution in [3.63, 3.8) is 0 Å². The molecule has 0 N–H and O–H groups in total. The Bertz CT molecular complexity index is 1080. The molecule has 1 saturated heterocycles. The first-order chi connectivity index (χ1) is 15.2. The van der Waals surface area contributed by atoms with Gasteiger partial charge in [-0.15, -0.1) is 0 Å². The SMILES string of the molecule is Cn1c(C(=O)N(CCN2CCCC2)Cc2ccc3c(c2)OCCO3)cc2ccccc21. The molecule has 2 aliphatic rings. The van der Waals surface area contributed by atoms with Crippen molar-refractivity contribution in [2.45, 2.75) is 19.4 Å². The van der Waals surface area contributed by atoms with Crippen LogP contribution < -0.4 is 9.47 Å². The second-order valence-corrected chi connectivity index (χ2v) is 8.40. The Kier molecular flexibility index (Phi) is 5.55. The van der Waals surface area contributed by atoms with Gasteiger partial charge in [-0.2, -0.15) is 0 Å². The Hall–Kier alpha value is -2.99. The van der Waals surface area contributed by atoms with Gasteiger partial charge >= 0.3 is 0 Å². The van der Waals surface area contributed by atoms with Crippen LogP contribution in [0.2, 0.25) is 0 Å². The zero-order valence-corrected chi connectivity index (χ0v) is 18.0. The summed E-state index contributed by atoms with van der Waals surface area (Å²) in [6.07, 6.45) is 2.50. The molecular formula is C25H29N3O3. The Balaban J connectivity index is 1.41. The molecule has 3 heterocycles. The summed E-state index contributed by atoms with van der Waals surface area (Å²) in [6.45, 7) is 5.54. The van der Waals surface area contributed by atoms with E-state index in [-0.39, 0.29) is 5.91 Å². The largest absolute Gasteiger partial charge is 0.486 e. The van der Waals surface area contributed by atoms with E-state index in [0.717, 1.165) is 53.3 Å². The summed E-state index contributed by atoms with van der Waals surface area (Å²) in [5, 5.41) is 1.09. The number of benzene rings is 2. The zero-order chi connectivity index (χ0) is 21.2. The van der Waals surface area contributed by atoms with E-state index in [4.69, 9.17) is 9.47 Å². The van der Waals surface area contributed by atoms with Crippen molar-refractivity contribution >= 4 is 16.8 Å². The third-order valence-corrected chi connectivity index (χ3v) is 6.32. The fraction of sp³-hybridized carbons (Fsp3) is 0.400. The number of hydrogen-bond acceptors (Lipinski definition) is 4. The number of likely N-dealkylation sites (tertiary alicyclic amines) is 1. The number of para-hydroxylation sites is 1. The summed E-state index contributed by atoms with van der Waals surface area (Å²) >= 11 is 0. The number of ether oxygens (including phenoxy) is 2. The van der Waals surface area contributed by atoms with E-state index in [1.165, 1.54) is 12.8 Å². The lowest BCUT2D eigenvalue weighted by Crippen LogP contribution is -2.38. The fourth-order valence-electron chi connectivity index (χ4n) is 4.58. The number of fused-ring (bicyclic) bond motifs is 2. The molecule has 1 aromatic heterocycles. The molecule has 0 bridgehead atoms. The van der Waals surface area contributed by atoms with Crippen molar-refractivity contribution in [2.24, 2.45) is 7.05 Å². The van der Waals surface area contributed by atoms with Crippen molar-refractivity contribution in [3.8, 4) is 11.5 Å². The normalized spacial score (nSPS) is 16.0. The summed E-state index contributed by atoms with van der Waals surface area (Å²) in [7, 11) is 1.97. The molecule has 0 spiro atoms. The monoisotopic (exact) mass is 419 g/mol. The minimum atomic E-state index is 0.0628. The van der Waals surface area contributed by atoms with Crippen LogP contribution in [-0.2, 0) is 13.6 Å². The van der Waals surface area contributed by atoms with Crippen molar-refractivity contribution in [2.75, 3.05) is 39.4 Å². The van der Waals surface area contributed by atoms with Gasteiger partial charge < -0.3 is 23.8 Å². The average molecular weight is 420 g/mol. The number of nitrogens with zero attached hydrogens (tertiary/aromatic N) is 3. The van der Waals surface area contributed by atoms with Gasteiger partial charge in [0.2, 0.25) is 0 Å². The van der Waals surface area contributed by atoms with Crippen LogP contribution in [0.3, 0.4) is 0 Å². The van der Waals surface area contributed by atoms with E-state index < -0.39 is 0 Å². The first kappa shape index (κ1) is 19.9. The molecule has 1 amide bonds. The molecule has 5 rings (SSSR count). The third kappa shape index (κ3) is 4.12. The third-order valence-electron chi connectivity index (χ3n) is 6.32. The fourth-order valence-corrected chi connectivity index (χ4v) is 4.58. The number of carbonyl (C=O) groups is 1. The molecule has 2 aliphatic heterocycles. The molecule has 0 aliphatic carbocycles. The summed E-state index contributed by atoms with van der Waals surface area (Å²) < 4.78 is 13.4. The van der Waals surface area contributed by atoms with Gasteiger partial charge in [-0.3, -0.25) is 4.79 Å². The highest BCUT2D eigenvalue weighted by Gasteiger charge is 2.23. The highest BCUT2D eigenvalue weighted by Crippen LogP contribution is 2.31. The van der Waals surface area contributed by atoms with Gasteiger partial charge in [-0.05, 0) is 55.8 Å². The maximum Gasteiger partial charge on any atom is 0.270 e. The minimum Gasteiger partial charge on any atom is -0.486 e. The van der Waals surface area contributed by atoms with Crippen LogP contribution in [-0.4, -0.2) is 59.7 Å². The Morgan fingerprint density at radius 2 is 1.77 bits per heavy atom. The van der Waals surface area contributed by atoms with E-state index in [1.807, 2.05) is 52.9 Å². The number of aryl methyl sites for hydroxylation is 1. The predicted octanol–water partition coefficient (Wildman–Crippen LogP) is 3.69. The van der Waals surface area contributed by atoms with Crippen LogP contribution in [0.1, 0.15) is 28.9 Å². The molecule has 1 fully saturated rings. The molecular weight excluding hydrogens is 390 g/mol. The van der Waals surface area contributed by atoms with Gasteiger partial charge in [0.05, 0.1) is 0 Å². The summed E-state index contributed by atoms with van der Waals surface area (Å²) in [6, 6.07) is 16.1. The van der Waals surface area contributed by atoms with E-state index in [1.54, 1.807) is 0 Å². The second kappa shape index (κ2) is 8.63. The van der Waals surface area contributed by atoms with Crippen LogP contribution >= 0.6 is 0 Å². The topological polar surface area (TPSA) is 46.9 Å². The highest BCUT2D eigenvalue weighted by atomic mass is 16.6. The molecule has 6 nitrogen and oxygen atoms in total. The van der Waals surface area contributed by atoms with Gasteiger partial charge in [0, 0.05) is 37.6 Å². The smallest absolute Gasteiger partial charge is 0.270 e. The number of amides is 1. The highest BCUT2D eigenvalue weighted by molar-refractivity contribution is 5.98. The van der Waals surface area contributed by atoms with Crippen LogP contribution in [0.5, 0.6) is 11.5 Å². The molecule has 2 aromatic carbocycles. The summed E-state index contributed by atoms with van der Waals surface area (Å²) in [5.74, 6) is 1.60. The van der Waals surface area contributed by atoms with Gasteiger partial charge in [0.1, 0.15) is 18.9 Å². The minimum absolute atomic E-state index is 0.0628. The van der Waals surface area contributed by atoms with E-state index in [0.29, 0.717) is 26.3 Å². The number of carbonyl (C=O) groups excluding carboxylic acids is 1. The molecule has 6 heteroatoms. The second-order valence-electron chi connectivity index (χ2n) is 8.40. The molecule has 0 saturated carbocycles. The van der Waals surface area contributed by atoms with E-state index in [9.17, 15) is 4.79 Å². The standard InChI is InChI=1S/C25H29N3O3/c1-26-21-7-3-2-6-20(21)17-22(26)25(29)28(13-12-27-10-4-5-11-27)18-19-8-9-23-24(16-19)31-15-14-30-23/h2-3,6-9,16-17H,4-5,10-15,18H2,1H3. The molecule has 31 heavy (non-hydrogen) atoms. The lowest BCUT2D eigenvalue weighted by atomic mass is 10.1. The molecule has 0 radical (unpaired) electrons. The van der Waals surface area contributed by atoms with Crippen molar-refractivity contribution in [3.05, 3.63) is 59.8 Å². The van der Waals surface area contributed by atoms with Crippen molar-refractivity contribution in [1.82, 2.24) is 14.4 Å². The van der Waals surface area contributed by atoms with Crippen LogP contribution in [0.15, 0.2) is 48.5 Å². The Labute approximate surface area is 183 Å². The van der Waals surface area contributed by atoms with Gasteiger partial charge in [-0.25, -0.2) is 0 Å². The number of rotatable bonds is 6. The first-order valence-electron chi connectivity index (χ1n) is 11.1. The quantitative estimate of drug-likeness (QED) is 0.611. The van der Waals surface area contributed by atoms with Crippen molar-refractivity contribution < 1.29 is 14.3 Å². The maximum atomic E-state index is 13.7. The van der Waals surface area contributed by atoms with Crippen LogP contribution in [0.25, 0.3) is 10.9 Å². The van der Waals surface area contributed by atoms with Crippen LogP contribution in [0.4, 0.5) is 0 Å².